The van der Waals surface area contributed by atoms with Crippen LogP contribution in [-0.2, 0) is 19.1 Å². The van der Waals surface area contributed by atoms with Crippen molar-refractivity contribution in [3.63, 3.8) is 0 Å². The van der Waals surface area contributed by atoms with Crippen LogP contribution in [0.1, 0.15) is 23.2 Å². The van der Waals surface area contributed by atoms with E-state index < -0.39 is 17.4 Å². The molecule has 0 aliphatic carbocycles. The molecule has 1 aliphatic heterocycles. The van der Waals surface area contributed by atoms with Crippen LogP contribution in [0.2, 0.25) is 0 Å². The number of aryl methyl sites for hydroxylation is 1. The van der Waals surface area contributed by atoms with Crippen molar-refractivity contribution in [1.29, 1.82) is 0 Å². The first-order valence-corrected chi connectivity index (χ1v) is 7.43. The van der Waals surface area contributed by atoms with Crippen LogP contribution in [0.15, 0.2) is 34.1 Å². The lowest BCUT2D eigenvalue weighted by molar-refractivity contribution is -0.142. The number of hydrogen-bond donors (Lipinski definition) is 1. The van der Waals surface area contributed by atoms with Gasteiger partial charge >= 0.3 is 6.18 Å². The molecule has 2 aromatic rings. The number of methoxy groups -OCH3 is 1. The number of hydrogen-bond acceptors (Lipinski definition) is 3. The second kappa shape index (κ2) is 6.18. The monoisotopic (exact) mass is 339 g/mol. The molecule has 3 rings (SSSR count). The van der Waals surface area contributed by atoms with Gasteiger partial charge in [0.05, 0.1) is 18.7 Å². The van der Waals surface area contributed by atoms with Gasteiger partial charge in [0, 0.05) is 19.2 Å². The third-order valence-corrected chi connectivity index (χ3v) is 3.88. The summed E-state index contributed by atoms with van der Waals surface area (Å²) in [5.41, 5.74) is -1.29. The number of nitrogens with one attached hydrogen (secondary N) is 1. The Morgan fingerprint density at radius 1 is 1.29 bits per heavy atom. The van der Waals surface area contributed by atoms with E-state index in [2.05, 4.69) is 10.1 Å². The van der Waals surface area contributed by atoms with E-state index in [0.717, 1.165) is 4.68 Å². The van der Waals surface area contributed by atoms with Crippen molar-refractivity contribution in [2.45, 2.75) is 31.6 Å². The third kappa shape index (κ3) is 3.52. The highest BCUT2D eigenvalue weighted by molar-refractivity contribution is 5.77. The molecule has 2 heterocycles. The van der Waals surface area contributed by atoms with E-state index in [-0.39, 0.29) is 24.6 Å². The van der Waals surface area contributed by atoms with Gasteiger partial charge in [-0.3, -0.25) is 19.6 Å². The first-order valence-electron chi connectivity index (χ1n) is 7.43. The van der Waals surface area contributed by atoms with Crippen LogP contribution in [-0.4, -0.2) is 29.1 Å². The van der Waals surface area contributed by atoms with E-state index in [4.69, 9.17) is 4.74 Å². The maximum Gasteiger partial charge on any atom is 0.433 e. The van der Waals surface area contributed by atoms with Crippen LogP contribution in [0.5, 0.6) is 5.75 Å². The molecule has 0 saturated heterocycles. The smallest absolute Gasteiger partial charge is 0.433 e. The van der Waals surface area contributed by atoms with Gasteiger partial charge in [0.1, 0.15) is 11.4 Å². The van der Waals surface area contributed by atoms with Gasteiger partial charge in [-0.1, -0.05) is 12.1 Å². The van der Waals surface area contributed by atoms with Crippen LogP contribution >= 0.6 is 0 Å². The first-order chi connectivity index (χ1) is 11.4. The number of halogens is 3. The number of rotatable bonds is 6. The highest BCUT2D eigenvalue weighted by atomic mass is 19.4. The van der Waals surface area contributed by atoms with E-state index in [0.29, 0.717) is 17.7 Å². The van der Waals surface area contributed by atoms with Crippen molar-refractivity contribution in [3.8, 4) is 5.75 Å². The largest absolute Gasteiger partial charge is 0.497 e. The molecule has 1 unspecified atom stereocenters. The standard InChI is InChI=1S/C16H16F3N3O2/c1-24-12-4-2-10(3-5-12)8-13-14(16(17,18)19)21-22(15(13)23)7-6-11-9-20-11/h2-5,9,11,21H,6-8H2,1H3. The summed E-state index contributed by atoms with van der Waals surface area (Å²) in [4.78, 5) is 16.3. The number of benzene rings is 1. The van der Waals surface area contributed by atoms with Gasteiger partial charge in [0.15, 0.2) is 0 Å². The van der Waals surface area contributed by atoms with Crippen molar-refractivity contribution in [1.82, 2.24) is 9.78 Å². The zero-order valence-electron chi connectivity index (χ0n) is 12.9. The van der Waals surface area contributed by atoms with Gasteiger partial charge < -0.3 is 4.74 Å². The van der Waals surface area contributed by atoms with Crippen LogP contribution in [0.4, 0.5) is 13.2 Å². The topological polar surface area (TPSA) is 59.4 Å². The second-order valence-corrected chi connectivity index (χ2v) is 5.60. The van der Waals surface area contributed by atoms with Crippen molar-refractivity contribution in [2.75, 3.05) is 7.11 Å². The quantitative estimate of drug-likeness (QED) is 0.879. The molecule has 0 fully saturated rings. The molecule has 1 aromatic heterocycles. The Balaban J connectivity index is 1.89. The van der Waals surface area contributed by atoms with E-state index in [9.17, 15) is 18.0 Å². The number of nitrogens with zero attached hydrogens (tertiary/aromatic N) is 2. The maximum atomic E-state index is 13.2. The number of aromatic nitrogens is 2. The van der Waals surface area contributed by atoms with Crippen molar-refractivity contribution >= 4 is 6.21 Å². The normalized spacial score (nSPS) is 16.4. The van der Waals surface area contributed by atoms with Crippen LogP contribution < -0.4 is 10.3 Å². The fraction of sp³-hybridized carbons (Fsp3) is 0.375. The van der Waals surface area contributed by atoms with E-state index in [1.54, 1.807) is 30.5 Å². The lowest BCUT2D eigenvalue weighted by Crippen LogP contribution is -2.20. The second-order valence-electron chi connectivity index (χ2n) is 5.60. The average Bonchev–Trinajstić information content (AvgIpc) is 3.31. The SMILES string of the molecule is COc1ccc(Cc2c(C(F)(F)F)[nH]n(CCC3C=N3)c2=O)cc1. The van der Waals surface area contributed by atoms with Gasteiger partial charge in [-0.15, -0.1) is 0 Å². The predicted molar refractivity (Wildman–Crippen MR) is 82.8 cm³/mol. The fourth-order valence-electron chi connectivity index (χ4n) is 2.50. The molecule has 0 bridgehead atoms. The molecular weight excluding hydrogens is 323 g/mol. The molecule has 1 aromatic carbocycles. The lowest BCUT2D eigenvalue weighted by Gasteiger charge is -2.07. The molecule has 5 nitrogen and oxygen atoms in total. The Morgan fingerprint density at radius 2 is 1.96 bits per heavy atom. The van der Waals surface area contributed by atoms with Crippen molar-refractivity contribution < 1.29 is 17.9 Å². The van der Waals surface area contributed by atoms with Crippen LogP contribution in [0.25, 0.3) is 0 Å². The highest BCUT2D eigenvalue weighted by Gasteiger charge is 2.37. The summed E-state index contributed by atoms with van der Waals surface area (Å²) >= 11 is 0. The molecule has 1 aliphatic rings. The van der Waals surface area contributed by atoms with Crippen LogP contribution in [0, 0.1) is 0 Å². The zero-order valence-corrected chi connectivity index (χ0v) is 12.9. The minimum absolute atomic E-state index is 0.0413. The molecule has 128 valence electrons. The molecule has 0 spiro atoms. The summed E-state index contributed by atoms with van der Waals surface area (Å²) in [6.07, 6.45) is -2.49. The van der Waals surface area contributed by atoms with Gasteiger partial charge in [0.2, 0.25) is 0 Å². The predicted octanol–water partition coefficient (Wildman–Crippen LogP) is 2.64. The summed E-state index contributed by atoms with van der Waals surface area (Å²) in [6, 6.07) is 6.64. The number of H-pyrrole nitrogens is 1. The highest BCUT2D eigenvalue weighted by Crippen LogP contribution is 2.30. The van der Waals surface area contributed by atoms with Crippen molar-refractivity contribution in [3.05, 3.63) is 51.4 Å². The summed E-state index contributed by atoms with van der Waals surface area (Å²) in [7, 11) is 1.51. The molecule has 1 atom stereocenters. The van der Waals surface area contributed by atoms with Gasteiger partial charge in [-0.05, 0) is 24.1 Å². The van der Waals surface area contributed by atoms with E-state index in [1.807, 2.05) is 0 Å². The Hall–Kier alpha value is -2.51. The summed E-state index contributed by atoms with van der Waals surface area (Å²) < 4.78 is 45.8. The molecule has 0 amide bonds. The van der Waals surface area contributed by atoms with Gasteiger partial charge in [-0.2, -0.15) is 13.2 Å². The summed E-state index contributed by atoms with van der Waals surface area (Å²) in [6.45, 7) is 0.176. The minimum atomic E-state index is -4.61. The number of aliphatic imine (C=N–C) groups is 1. The van der Waals surface area contributed by atoms with Crippen molar-refractivity contribution in [2.24, 2.45) is 4.99 Å². The fourth-order valence-corrected chi connectivity index (χ4v) is 2.50. The Morgan fingerprint density at radius 3 is 2.50 bits per heavy atom. The Labute approximate surface area is 135 Å². The number of aromatic amines is 1. The van der Waals surface area contributed by atoms with E-state index in [1.165, 1.54) is 7.11 Å². The molecule has 0 saturated carbocycles. The first kappa shape index (κ1) is 16.4. The Kier molecular flexibility index (Phi) is 4.21. The van der Waals surface area contributed by atoms with Gasteiger partial charge in [-0.25, -0.2) is 0 Å². The summed E-state index contributed by atoms with van der Waals surface area (Å²) in [5.74, 6) is 0.603. The Bertz CT molecular complexity index is 797. The average molecular weight is 339 g/mol. The minimum Gasteiger partial charge on any atom is -0.497 e. The van der Waals surface area contributed by atoms with Gasteiger partial charge in [0.25, 0.3) is 5.56 Å². The zero-order chi connectivity index (χ0) is 17.3. The maximum absolute atomic E-state index is 13.2. The molecule has 0 radical (unpaired) electrons. The molecule has 24 heavy (non-hydrogen) atoms. The number of alkyl halides is 3. The van der Waals surface area contributed by atoms with Crippen LogP contribution in [0.3, 0.4) is 0 Å². The van der Waals surface area contributed by atoms with E-state index >= 15 is 0 Å². The summed E-state index contributed by atoms with van der Waals surface area (Å²) in [5, 5.41) is 2.21. The molecule has 8 heteroatoms. The third-order valence-electron chi connectivity index (χ3n) is 3.88. The lowest BCUT2D eigenvalue weighted by atomic mass is 10.0. The molecular formula is C16H16F3N3O2. The molecule has 1 N–H and O–H groups in total. The number of ether oxygens (including phenoxy) is 1.